The summed E-state index contributed by atoms with van der Waals surface area (Å²) >= 11 is 0. The number of aromatic nitrogens is 3. The van der Waals surface area contributed by atoms with Gasteiger partial charge in [0.15, 0.2) is 5.65 Å². The van der Waals surface area contributed by atoms with Crippen molar-refractivity contribution in [1.29, 1.82) is 0 Å². The highest BCUT2D eigenvalue weighted by Gasteiger charge is 2.07. The van der Waals surface area contributed by atoms with E-state index in [0.717, 1.165) is 11.3 Å². The molecule has 2 aromatic heterocycles. The second kappa shape index (κ2) is 7.41. The van der Waals surface area contributed by atoms with Gasteiger partial charge in [-0.2, -0.15) is 4.98 Å². The Morgan fingerprint density at radius 1 is 1.04 bits per heavy atom. The predicted octanol–water partition coefficient (Wildman–Crippen LogP) is 4.16. The van der Waals surface area contributed by atoms with Crippen LogP contribution in [0.15, 0.2) is 48.5 Å². The summed E-state index contributed by atoms with van der Waals surface area (Å²) in [6, 6.07) is 15.4. The van der Waals surface area contributed by atoms with Gasteiger partial charge in [-0.05, 0) is 23.8 Å². The fourth-order valence-electron chi connectivity index (χ4n) is 1.95. The lowest BCUT2D eigenvalue weighted by Crippen LogP contribution is -2.08. The third kappa shape index (κ3) is 4.42. The van der Waals surface area contributed by atoms with Crippen LogP contribution in [0.5, 0.6) is 0 Å². The number of anilines is 1. The summed E-state index contributed by atoms with van der Waals surface area (Å²) in [5, 5.41) is 15.0. The molecule has 2 heterocycles. The van der Waals surface area contributed by atoms with Gasteiger partial charge in [0.1, 0.15) is 0 Å². The molecule has 0 saturated heterocycles. The van der Waals surface area contributed by atoms with E-state index in [2.05, 4.69) is 15.4 Å². The van der Waals surface area contributed by atoms with Gasteiger partial charge < -0.3 is 5.11 Å². The molecule has 4 rings (SSSR count). The van der Waals surface area contributed by atoms with Gasteiger partial charge >= 0.3 is 6.09 Å². The SMILES string of the molecule is C1CC1.O=C(O)Nc1nc2cccc(/C=C/c3ccccc3)n2n1. The van der Waals surface area contributed by atoms with Crippen LogP contribution in [0.3, 0.4) is 0 Å². The molecule has 0 unspecified atom stereocenters. The maximum atomic E-state index is 10.6. The maximum absolute atomic E-state index is 10.6. The summed E-state index contributed by atoms with van der Waals surface area (Å²) in [6.45, 7) is 0. The number of rotatable bonds is 3. The molecular weight excluding hydrogens is 304 g/mol. The molecule has 1 amide bonds. The highest BCUT2D eigenvalue weighted by atomic mass is 16.4. The Balaban J connectivity index is 0.000000508. The Labute approximate surface area is 139 Å². The molecule has 1 aliphatic carbocycles. The van der Waals surface area contributed by atoms with Crippen molar-refractivity contribution in [3.05, 3.63) is 59.8 Å². The van der Waals surface area contributed by atoms with E-state index >= 15 is 0 Å². The van der Waals surface area contributed by atoms with Gasteiger partial charge in [0, 0.05) is 0 Å². The van der Waals surface area contributed by atoms with E-state index in [9.17, 15) is 4.79 Å². The number of benzene rings is 1. The van der Waals surface area contributed by atoms with E-state index in [0.29, 0.717) is 5.65 Å². The normalized spacial score (nSPS) is 12.7. The first-order valence-electron chi connectivity index (χ1n) is 7.81. The average Bonchev–Trinajstić information content (AvgIpc) is 3.40. The van der Waals surface area contributed by atoms with Crippen LogP contribution in [0.2, 0.25) is 0 Å². The molecule has 2 N–H and O–H groups in total. The summed E-state index contributed by atoms with van der Waals surface area (Å²) < 4.78 is 1.59. The number of nitrogens with zero attached hydrogens (tertiary/aromatic N) is 3. The fourth-order valence-corrected chi connectivity index (χ4v) is 1.95. The first-order valence-corrected chi connectivity index (χ1v) is 7.81. The van der Waals surface area contributed by atoms with Crippen LogP contribution in [0.25, 0.3) is 17.8 Å². The molecule has 1 aliphatic rings. The Morgan fingerprint density at radius 2 is 1.79 bits per heavy atom. The van der Waals surface area contributed by atoms with Gasteiger partial charge in [0.05, 0.1) is 5.69 Å². The van der Waals surface area contributed by atoms with E-state index < -0.39 is 6.09 Å². The molecular formula is C18H18N4O2. The van der Waals surface area contributed by atoms with E-state index in [-0.39, 0.29) is 5.95 Å². The van der Waals surface area contributed by atoms with E-state index in [1.54, 1.807) is 10.6 Å². The van der Waals surface area contributed by atoms with Gasteiger partial charge in [0.25, 0.3) is 5.95 Å². The highest BCUT2D eigenvalue weighted by molar-refractivity contribution is 5.80. The lowest BCUT2D eigenvalue weighted by molar-refractivity contribution is 0.209. The highest BCUT2D eigenvalue weighted by Crippen LogP contribution is 2.15. The van der Waals surface area contributed by atoms with Crippen LogP contribution in [-0.4, -0.2) is 25.8 Å². The summed E-state index contributed by atoms with van der Waals surface area (Å²) in [5.74, 6) is 0.0584. The van der Waals surface area contributed by atoms with E-state index in [4.69, 9.17) is 5.11 Å². The van der Waals surface area contributed by atoms with Crippen LogP contribution >= 0.6 is 0 Å². The summed E-state index contributed by atoms with van der Waals surface area (Å²) in [5.41, 5.74) is 2.45. The quantitative estimate of drug-likeness (QED) is 0.759. The zero-order valence-corrected chi connectivity index (χ0v) is 13.1. The zero-order valence-electron chi connectivity index (χ0n) is 13.1. The largest absolute Gasteiger partial charge is 0.465 e. The first-order chi connectivity index (χ1) is 11.7. The Kier molecular flexibility index (Phi) is 4.86. The van der Waals surface area contributed by atoms with Gasteiger partial charge in [0.2, 0.25) is 0 Å². The molecule has 122 valence electrons. The smallest absolute Gasteiger partial charge is 0.411 e. The number of nitrogens with one attached hydrogen (secondary N) is 1. The third-order valence-electron chi connectivity index (χ3n) is 3.21. The molecule has 3 aromatic rings. The maximum Gasteiger partial charge on any atom is 0.411 e. The Hall–Kier alpha value is -3.15. The molecule has 0 radical (unpaired) electrons. The zero-order chi connectivity index (χ0) is 16.8. The molecule has 1 saturated carbocycles. The summed E-state index contributed by atoms with van der Waals surface area (Å²) in [4.78, 5) is 14.7. The lowest BCUT2D eigenvalue weighted by Gasteiger charge is -1.97. The predicted molar refractivity (Wildman–Crippen MR) is 93.9 cm³/mol. The summed E-state index contributed by atoms with van der Waals surface area (Å²) in [6.07, 6.45) is 7.18. The van der Waals surface area contributed by atoms with E-state index in [1.807, 2.05) is 54.6 Å². The number of pyridine rings is 1. The second-order valence-electron chi connectivity index (χ2n) is 5.39. The fraction of sp³-hybridized carbons (Fsp3) is 0.167. The van der Waals surface area contributed by atoms with Gasteiger partial charge in [-0.3, -0.25) is 5.32 Å². The van der Waals surface area contributed by atoms with Crippen LogP contribution in [0.4, 0.5) is 10.7 Å². The number of carbonyl (C=O) groups is 1. The number of hydrogen-bond donors (Lipinski definition) is 2. The molecule has 1 aromatic carbocycles. The minimum atomic E-state index is -1.19. The molecule has 0 atom stereocenters. The average molecular weight is 322 g/mol. The van der Waals surface area contributed by atoms with Crippen molar-refractivity contribution in [2.24, 2.45) is 0 Å². The minimum absolute atomic E-state index is 0.0584. The van der Waals surface area contributed by atoms with Crippen LogP contribution in [-0.2, 0) is 0 Å². The number of carboxylic acid groups (broad SMARTS) is 1. The Bertz CT molecular complexity index is 851. The van der Waals surface area contributed by atoms with Crippen molar-refractivity contribution in [2.45, 2.75) is 19.3 Å². The monoisotopic (exact) mass is 322 g/mol. The van der Waals surface area contributed by atoms with Crippen molar-refractivity contribution in [1.82, 2.24) is 14.6 Å². The van der Waals surface area contributed by atoms with Gasteiger partial charge in [-0.1, -0.05) is 61.7 Å². The Morgan fingerprint density at radius 3 is 2.46 bits per heavy atom. The molecule has 1 fully saturated rings. The molecule has 0 aliphatic heterocycles. The van der Waals surface area contributed by atoms with Crippen molar-refractivity contribution in [3.63, 3.8) is 0 Å². The molecule has 6 nitrogen and oxygen atoms in total. The molecule has 0 spiro atoms. The number of hydrogen-bond acceptors (Lipinski definition) is 3. The van der Waals surface area contributed by atoms with Crippen LogP contribution in [0.1, 0.15) is 30.5 Å². The van der Waals surface area contributed by atoms with E-state index in [1.165, 1.54) is 19.3 Å². The summed E-state index contributed by atoms with van der Waals surface area (Å²) in [7, 11) is 0. The van der Waals surface area contributed by atoms with Crippen LogP contribution < -0.4 is 5.32 Å². The van der Waals surface area contributed by atoms with Gasteiger partial charge in [-0.15, -0.1) is 5.10 Å². The second-order valence-corrected chi connectivity index (χ2v) is 5.39. The first kappa shape index (κ1) is 15.7. The van der Waals surface area contributed by atoms with Crippen molar-refractivity contribution in [3.8, 4) is 0 Å². The molecule has 6 heteroatoms. The standard InChI is InChI=1S/C15H12N4O2.C3H6/c20-15(21)17-14-16-13-8-4-7-12(19(13)18-14)10-9-11-5-2-1-3-6-11;1-2-3-1/h1-10H,(H,17,18)(H,20,21);1-3H2/b10-9+;. The van der Waals surface area contributed by atoms with Gasteiger partial charge in [-0.25, -0.2) is 9.31 Å². The third-order valence-corrected chi connectivity index (χ3v) is 3.21. The number of fused-ring (bicyclic) bond motifs is 1. The van der Waals surface area contributed by atoms with Crippen molar-refractivity contribution in [2.75, 3.05) is 5.32 Å². The lowest BCUT2D eigenvalue weighted by atomic mass is 10.2. The number of amides is 1. The topological polar surface area (TPSA) is 79.5 Å². The van der Waals surface area contributed by atoms with Crippen molar-refractivity contribution < 1.29 is 9.90 Å². The molecule has 0 bridgehead atoms. The van der Waals surface area contributed by atoms with Crippen molar-refractivity contribution >= 4 is 29.8 Å². The van der Waals surface area contributed by atoms with Crippen LogP contribution in [0, 0.1) is 0 Å². The minimum Gasteiger partial charge on any atom is -0.465 e. The molecule has 24 heavy (non-hydrogen) atoms.